The molecule has 0 bridgehead atoms. The van der Waals surface area contributed by atoms with Crippen LogP contribution in [-0.4, -0.2) is 28.3 Å². The number of carbonyl (C=O) groups excluding carboxylic acids is 1. The molecule has 6 nitrogen and oxygen atoms in total. The molecular formula is C9H10O6S. The Kier molecular flexibility index (Phi) is 3.73. The van der Waals surface area contributed by atoms with Crippen LogP contribution in [0.15, 0.2) is 18.2 Å². The van der Waals surface area contributed by atoms with E-state index in [1.54, 1.807) is 0 Å². The zero-order valence-corrected chi connectivity index (χ0v) is 9.48. The Hall–Kier alpha value is -1.76. The Balaban J connectivity index is 3.08. The second kappa shape index (κ2) is 4.84. The van der Waals surface area contributed by atoms with Gasteiger partial charge < -0.3 is 13.7 Å². The van der Waals surface area contributed by atoms with Gasteiger partial charge in [-0.2, -0.15) is 8.42 Å². The fraction of sp³-hybridized carbons (Fsp3) is 0.222. The summed E-state index contributed by atoms with van der Waals surface area (Å²) in [6.45, 7) is 0.221. The molecule has 88 valence electrons. The van der Waals surface area contributed by atoms with Gasteiger partial charge in [0.25, 0.3) is 6.47 Å². The topological polar surface area (TPSA) is 78.9 Å². The van der Waals surface area contributed by atoms with Crippen LogP contribution in [0.3, 0.4) is 0 Å². The van der Waals surface area contributed by atoms with Gasteiger partial charge in [-0.05, 0) is 0 Å². The Labute approximate surface area is 92.9 Å². The SMILES string of the molecule is COc1cc(OC=O)cc(OS(C)(=O)=O)c1. The van der Waals surface area contributed by atoms with E-state index in [0.717, 1.165) is 6.26 Å². The van der Waals surface area contributed by atoms with Crippen LogP contribution in [-0.2, 0) is 14.9 Å². The number of ether oxygens (including phenoxy) is 2. The Morgan fingerprint density at radius 1 is 1.12 bits per heavy atom. The number of hydrogen-bond donors (Lipinski definition) is 0. The summed E-state index contributed by atoms with van der Waals surface area (Å²) in [6.07, 6.45) is 0.909. The van der Waals surface area contributed by atoms with Crippen LogP contribution in [0.5, 0.6) is 17.2 Å². The molecule has 0 atom stereocenters. The van der Waals surface area contributed by atoms with E-state index < -0.39 is 10.1 Å². The van der Waals surface area contributed by atoms with E-state index >= 15 is 0 Å². The highest BCUT2D eigenvalue weighted by atomic mass is 32.2. The molecule has 0 unspecified atom stereocenters. The standard InChI is InChI=1S/C9H10O6S/c1-13-7-3-8(14-6-10)5-9(4-7)15-16(2,11)12/h3-6H,1-2H3. The van der Waals surface area contributed by atoms with Crippen molar-refractivity contribution in [1.29, 1.82) is 0 Å². The van der Waals surface area contributed by atoms with Crippen molar-refractivity contribution in [2.24, 2.45) is 0 Å². The minimum absolute atomic E-state index is 0.0127. The van der Waals surface area contributed by atoms with Crippen LogP contribution < -0.4 is 13.7 Å². The highest BCUT2D eigenvalue weighted by Gasteiger charge is 2.08. The molecule has 1 aromatic rings. The summed E-state index contributed by atoms with van der Waals surface area (Å²) in [5.41, 5.74) is 0. The molecule has 0 aliphatic rings. The van der Waals surface area contributed by atoms with Gasteiger partial charge in [0.1, 0.15) is 17.2 Å². The number of rotatable bonds is 5. The first kappa shape index (κ1) is 12.3. The molecular weight excluding hydrogens is 236 g/mol. The van der Waals surface area contributed by atoms with Crippen molar-refractivity contribution in [2.75, 3.05) is 13.4 Å². The fourth-order valence-corrected chi connectivity index (χ4v) is 1.46. The highest BCUT2D eigenvalue weighted by molar-refractivity contribution is 7.86. The zero-order chi connectivity index (χ0) is 12.2. The lowest BCUT2D eigenvalue weighted by Crippen LogP contribution is -2.06. The molecule has 0 amide bonds. The fourth-order valence-electron chi connectivity index (χ4n) is 1.01. The lowest BCUT2D eigenvalue weighted by atomic mass is 10.3. The molecule has 1 aromatic carbocycles. The van der Waals surface area contributed by atoms with E-state index in [4.69, 9.17) is 4.74 Å². The van der Waals surface area contributed by atoms with Gasteiger partial charge in [0.05, 0.1) is 13.4 Å². The van der Waals surface area contributed by atoms with Crippen LogP contribution in [0, 0.1) is 0 Å². The molecule has 0 radical (unpaired) electrons. The Morgan fingerprint density at radius 2 is 1.69 bits per heavy atom. The molecule has 0 fully saturated rings. The highest BCUT2D eigenvalue weighted by Crippen LogP contribution is 2.28. The first-order valence-corrected chi connectivity index (χ1v) is 5.95. The van der Waals surface area contributed by atoms with Crippen molar-refractivity contribution in [2.45, 2.75) is 0 Å². The summed E-state index contributed by atoms with van der Waals surface area (Å²) < 4.78 is 35.9. The monoisotopic (exact) mass is 246 g/mol. The van der Waals surface area contributed by atoms with Crippen molar-refractivity contribution >= 4 is 16.6 Å². The van der Waals surface area contributed by atoms with E-state index in [0.29, 0.717) is 5.75 Å². The maximum absolute atomic E-state index is 10.9. The molecule has 0 heterocycles. The Bertz CT molecular complexity index is 479. The van der Waals surface area contributed by atoms with E-state index in [-0.39, 0.29) is 18.0 Å². The summed E-state index contributed by atoms with van der Waals surface area (Å²) in [5, 5.41) is 0. The second-order valence-corrected chi connectivity index (χ2v) is 4.42. The van der Waals surface area contributed by atoms with Crippen molar-refractivity contribution in [3.05, 3.63) is 18.2 Å². The Morgan fingerprint density at radius 3 is 2.19 bits per heavy atom. The van der Waals surface area contributed by atoms with Gasteiger partial charge >= 0.3 is 10.1 Å². The van der Waals surface area contributed by atoms with Crippen molar-refractivity contribution < 1.29 is 26.9 Å². The molecule has 7 heteroatoms. The third-order valence-electron chi connectivity index (χ3n) is 1.52. The van der Waals surface area contributed by atoms with Crippen molar-refractivity contribution in [1.82, 2.24) is 0 Å². The molecule has 1 rings (SSSR count). The van der Waals surface area contributed by atoms with Crippen LogP contribution >= 0.6 is 0 Å². The molecule has 0 N–H and O–H groups in total. The number of carbonyl (C=O) groups is 1. The summed E-state index contributed by atoms with van der Waals surface area (Å²) >= 11 is 0. The lowest BCUT2D eigenvalue weighted by Gasteiger charge is -2.07. The number of methoxy groups -OCH3 is 1. The van der Waals surface area contributed by atoms with Crippen molar-refractivity contribution in [3.63, 3.8) is 0 Å². The summed E-state index contributed by atoms with van der Waals surface area (Å²) in [4.78, 5) is 10.1. The largest absolute Gasteiger partial charge is 0.496 e. The molecule has 0 aliphatic heterocycles. The van der Waals surface area contributed by atoms with Crippen LogP contribution in [0.2, 0.25) is 0 Å². The van der Waals surface area contributed by atoms with Crippen LogP contribution in [0.1, 0.15) is 0 Å². The molecule has 0 spiro atoms. The molecule has 16 heavy (non-hydrogen) atoms. The molecule has 0 saturated carbocycles. The smallest absolute Gasteiger partial charge is 0.306 e. The van der Waals surface area contributed by atoms with Gasteiger partial charge in [0, 0.05) is 18.2 Å². The predicted molar refractivity (Wildman–Crippen MR) is 55.2 cm³/mol. The van der Waals surface area contributed by atoms with Gasteiger partial charge in [-0.15, -0.1) is 0 Å². The van der Waals surface area contributed by atoms with Crippen molar-refractivity contribution in [3.8, 4) is 17.2 Å². The average molecular weight is 246 g/mol. The minimum atomic E-state index is -3.63. The van der Waals surface area contributed by atoms with Gasteiger partial charge in [0.15, 0.2) is 0 Å². The first-order chi connectivity index (χ1) is 7.44. The lowest BCUT2D eigenvalue weighted by molar-refractivity contribution is -0.120. The van der Waals surface area contributed by atoms with Gasteiger partial charge in [-0.1, -0.05) is 0 Å². The van der Waals surface area contributed by atoms with E-state index in [1.807, 2.05) is 0 Å². The average Bonchev–Trinajstić information content (AvgIpc) is 2.15. The van der Waals surface area contributed by atoms with E-state index in [1.165, 1.54) is 25.3 Å². The first-order valence-electron chi connectivity index (χ1n) is 4.13. The number of hydrogen-bond acceptors (Lipinski definition) is 6. The third kappa shape index (κ3) is 3.77. The van der Waals surface area contributed by atoms with Gasteiger partial charge in [-0.25, -0.2) is 0 Å². The van der Waals surface area contributed by atoms with E-state index in [2.05, 4.69) is 8.92 Å². The second-order valence-electron chi connectivity index (χ2n) is 2.85. The van der Waals surface area contributed by atoms with Gasteiger partial charge in [-0.3, -0.25) is 4.79 Å². The van der Waals surface area contributed by atoms with Crippen LogP contribution in [0.25, 0.3) is 0 Å². The zero-order valence-electron chi connectivity index (χ0n) is 8.67. The summed E-state index contributed by atoms with van der Waals surface area (Å²) in [6, 6.07) is 4.04. The van der Waals surface area contributed by atoms with Gasteiger partial charge in [0.2, 0.25) is 0 Å². The molecule has 0 aromatic heterocycles. The number of benzene rings is 1. The molecule has 0 saturated heterocycles. The van der Waals surface area contributed by atoms with Crippen LogP contribution in [0.4, 0.5) is 0 Å². The summed E-state index contributed by atoms with van der Waals surface area (Å²) in [7, 11) is -2.24. The maximum atomic E-state index is 10.9. The predicted octanol–water partition coefficient (Wildman–Crippen LogP) is 0.569. The summed E-state index contributed by atoms with van der Waals surface area (Å²) in [5.74, 6) is 0.463. The minimum Gasteiger partial charge on any atom is -0.496 e. The quantitative estimate of drug-likeness (QED) is 0.558. The maximum Gasteiger partial charge on any atom is 0.306 e. The molecule has 0 aliphatic carbocycles. The third-order valence-corrected chi connectivity index (χ3v) is 2.02. The van der Waals surface area contributed by atoms with E-state index in [9.17, 15) is 13.2 Å². The normalized spacial score (nSPS) is 10.6.